The van der Waals surface area contributed by atoms with E-state index in [0.717, 1.165) is 69.6 Å². The first-order chi connectivity index (χ1) is 13.2. The van der Waals surface area contributed by atoms with Gasteiger partial charge in [0.05, 0.1) is 12.7 Å². The van der Waals surface area contributed by atoms with Crippen LogP contribution in [0.5, 0.6) is 0 Å². The number of nitrogens with zero attached hydrogens (tertiary/aromatic N) is 3. The number of ether oxygens (including phenoxy) is 2. The van der Waals surface area contributed by atoms with Gasteiger partial charge in [0, 0.05) is 52.6 Å². The first kappa shape index (κ1) is 21.4. The molecule has 1 atom stereocenters. The smallest absolute Gasteiger partial charge is 0.191 e. The number of morpholine rings is 1. The van der Waals surface area contributed by atoms with Gasteiger partial charge in [-0.2, -0.15) is 0 Å². The summed E-state index contributed by atoms with van der Waals surface area (Å²) in [7, 11) is 1.79. The summed E-state index contributed by atoms with van der Waals surface area (Å²) in [6.07, 6.45) is 5.47. The molecule has 0 amide bonds. The number of unbranched alkanes of at least 4 members (excludes halogenated alkanes) is 1. The summed E-state index contributed by atoms with van der Waals surface area (Å²) >= 11 is 0. The predicted octanol–water partition coefficient (Wildman–Crippen LogP) is 2.18. The minimum absolute atomic E-state index is 0.258. The Kier molecular flexibility index (Phi) is 9.94. The maximum atomic E-state index is 5.59. The molecule has 1 unspecified atom stereocenters. The summed E-state index contributed by atoms with van der Waals surface area (Å²) in [4.78, 5) is 11.1. The van der Waals surface area contributed by atoms with Crippen LogP contribution in [0.3, 0.4) is 0 Å². The molecule has 1 aromatic heterocycles. The Morgan fingerprint density at radius 3 is 2.89 bits per heavy atom. The van der Waals surface area contributed by atoms with Crippen molar-refractivity contribution < 1.29 is 9.47 Å². The molecule has 152 valence electrons. The Bertz CT molecular complexity index is 550. The summed E-state index contributed by atoms with van der Waals surface area (Å²) in [6, 6.07) is 4.20. The molecule has 1 aliphatic rings. The molecule has 1 aliphatic heterocycles. The van der Waals surface area contributed by atoms with Gasteiger partial charge in [-0.05, 0) is 31.4 Å². The van der Waals surface area contributed by atoms with Crippen molar-refractivity contribution in [2.75, 3.05) is 51.4 Å². The molecule has 7 nitrogen and oxygen atoms in total. The van der Waals surface area contributed by atoms with Gasteiger partial charge in [0.25, 0.3) is 0 Å². The number of hydrogen-bond donors (Lipinski definition) is 2. The number of guanidine groups is 1. The van der Waals surface area contributed by atoms with Gasteiger partial charge in [0.1, 0.15) is 5.82 Å². The number of rotatable bonds is 10. The maximum absolute atomic E-state index is 5.59. The Morgan fingerprint density at radius 2 is 2.19 bits per heavy atom. The Balaban J connectivity index is 1.67. The van der Waals surface area contributed by atoms with Crippen LogP contribution in [0.15, 0.2) is 23.3 Å². The first-order valence-electron chi connectivity index (χ1n) is 10.1. The van der Waals surface area contributed by atoms with Crippen LogP contribution in [0.4, 0.5) is 5.82 Å². The normalized spacial score (nSPS) is 17.8. The number of aromatic nitrogens is 1. The van der Waals surface area contributed by atoms with Crippen LogP contribution in [-0.2, 0) is 16.0 Å². The molecule has 0 bridgehead atoms. The van der Waals surface area contributed by atoms with E-state index in [1.807, 2.05) is 6.20 Å². The number of pyridine rings is 1. The fraction of sp³-hybridized carbons (Fsp3) is 0.700. The van der Waals surface area contributed by atoms with Crippen molar-refractivity contribution in [3.63, 3.8) is 0 Å². The van der Waals surface area contributed by atoms with Crippen LogP contribution in [0.2, 0.25) is 0 Å². The molecule has 0 saturated carbocycles. The maximum Gasteiger partial charge on any atom is 0.191 e. The lowest BCUT2D eigenvalue weighted by atomic mass is 10.2. The molecule has 2 rings (SSSR count). The van der Waals surface area contributed by atoms with Gasteiger partial charge in [-0.1, -0.05) is 19.4 Å². The number of anilines is 1. The van der Waals surface area contributed by atoms with Gasteiger partial charge in [-0.3, -0.25) is 4.99 Å². The van der Waals surface area contributed by atoms with Crippen LogP contribution in [-0.4, -0.2) is 63.6 Å². The van der Waals surface area contributed by atoms with E-state index in [0.29, 0.717) is 6.54 Å². The van der Waals surface area contributed by atoms with E-state index >= 15 is 0 Å². The van der Waals surface area contributed by atoms with Crippen LogP contribution in [0.25, 0.3) is 0 Å². The molecule has 1 saturated heterocycles. The number of nitrogens with one attached hydrogen (secondary N) is 2. The molecular formula is C20H35N5O2. The lowest BCUT2D eigenvalue weighted by molar-refractivity contribution is 0.0529. The van der Waals surface area contributed by atoms with E-state index in [1.165, 1.54) is 6.42 Å². The molecule has 7 heteroatoms. The molecule has 0 aromatic carbocycles. The van der Waals surface area contributed by atoms with E-state index in [1.54, 1.807) is 7.05 Å². The standard InChI is InChI=1S/C20H35N5O2/c1-4-5-11-26-12-6-9-22-20(21-3)24-15-18-7-8-19(23-14-18)25-10-13-27-17(2)16-25/h7-8,14,17H,4-6,9-13,15-16H2,1-3H3,(H2,21,22,24). The molecule has 2 N–H and O–H groups in total. The topological polar surface area (TPSA) is 71.0 Å². The van der Waals surface area contributed by atoms with Crippen LogP contribution in [0.1, 0.15) is 38.7 Å². The SMILES string of the molecule is CCCCOCCCNC(=NC)NCc1ccc(N2CCOC(C)C2)nc1. The second kappa shape index (κ2) is 12.5. The summed E-state index contributed by atoms with van der Waals surface area (Å²) in [5.41, 5.74) is 1.13. The quantitative estimate of drug-likeness (QED) is 0.370. The van der Waals surface area contributed by atoms with Crippen molar-refractivity contribution in [3.8, 4) is 0 Å². The van der Waals surface area contributed by atoms with E-state index in [-0.39, 0.29) is 6.10 Å². The van der Waals surface area contributed by atoms with Gasteiger partial charge in [-0.15, -0.1) is 0 Å². The van der Waals surface area contributed by atoms with Crippen molar-refractivity contribution in [2.45, 2.75) is 45.8 Å². The monoisotopic (exact) mass is 377 g/mol. The fourth-order valence-corrected chi connectivity index (χ4v) is 2.87. The highest BCUT2D eigenvalue weighted by molar-refractivity contribution is 5.79. The first-order valence-corrected chi connectivity index (χ1v) is 10.1. The van der Waals surface area contributed by atoms with E-state index in [9.17, 15) is 0 Å². The fourth-order valence-electron chi connectivity index (χ4n) is 2.87. The van der Waals surface area contributed by atoms with Crippen molar-refractivity contribution >= 4 is 11.8 Å². The zero-order valence-electron chi connectivity index (χ0n) is 17.0. The highest BCUT2D eigenvalue weighted by Crippen LogP contribution is 2.15. The van der Waals surface area contributed by atoms with Crippen LogP contribution < -0.4 is 15.5 Å². The van der Waals surface area contributed by atoms with E-state index in [2.05, 4.69) is 51.5 Å². The van der Waals surface area contributed by atoms with Crippen molar-refractivity contribution in [1.29, 1.82) is 0 Å². The summed E-state index contributed by atoms with van der Waals surface area (Å²) in [6.45, 7) is 10.0. The predicted molar refractivity (Wildman–Crippen MR) is 110 cm³/mol. The highest BCUT2D eigenvalue weighted by Gasteiger charge is 2.17. The molecule has 0 spiro atoms. The third-order valence-corrected chi connectivity index (χ3v) is 4.46. The van der Waals surface area contributed by atoms with E-state index in [4.69, 9.17) is 9.47 Å². The minimum Gasteiger partial charge on any atom is -0.381 e. The van der Waals surface area contributed by atoms with Gasteiger partial charge < -0.3 is 25.0 Å². The Labute approximate surface area is 163 Å². The van der Waals surface area contributed by atoms with Gasteiger partial charge in [-0.25, -0.2) is 4.98 Å². The molecule has 2 heterocycles. The molecule has 27 heavy (non-hydrogen) atoms. The van der Waals surface area contributed by atoms with E-state index < -0.39 is 0 Å². The molecule has 0 aliphatic carbocycles. The number of hydrogen-bond acceptors (Lipinski definition) is 5. The summed E-state index contributed by atoms with van der Waals surface area (Å²) in [5, 5.41) is 6.64. The van der Waals surface area contributed by atoms with Crippen LogP contribution >= 0.6 is 0 Å². The third-order valence-electron chi connectivity index (χ3n) is 4.46. The second-order valence-corrected chi connectivity index (χ2v) is 6.82. The van der Waals surface area contributed by atoms with Gasteiger partial charge >= 0.3 is 0 Å². The Morgan fingerprint density at radius 1 is 1.33 bits per heavy atom. The third kappa shape index (κ3) is 8.13. The van der Waals surface area contributed by atoms with Crippen molar-refractivity contribution in [2.24, 2.45) is 4.99 Å². The molecule has 1 aromatic rings. The average Bonchev–Trinajstić information content (AvgIpc) is 2.70. The number of aliphatic imine (C=N–C) groups is 1. The largest absolute Gasteiger partial charge is 0.381 e. The molecule has 0 radical (unpaired) electrons. The van der Waals surface area contributed by atoms with Gasteiger partial charge in [0.2, 0.25) is 0 Å². The van der Waals surface area contributed by atoms with Crippen molar-refractivity contribution in [3.05, 3.63) is 23.9 Å². The highest BCUT2D eigenvalue weighted by atomic mass is 16.5. The average molecular weight is 378 g/mol. The zero-order chi connectivity index (χ0) is 19.3. The molecular weight excluding hydrogens is 342 g/mol. The zero-order valence-corrected chi connectivity index (χ0v) is 17.0. The van der Waals surface area contributed by atoms with Crippen molar-refractivity contribution in [1.82, 2.24) is 15.6 Å². The lowest BCUT2D eigenvalue weighted by Gasteiger charge is -2.32. The second-order valence-electron chi connectivity index (χ2n) is 6.82. The Hall–Kier alpha value is -1.86. The minimum atomic E-state index is 0.258. The summed E-state index contributed by atoms with van der Waals surface area (Å²) in [5.74, 6) is 1.81. The van der Waals surface area contributed by atoms with Crippen LogP contribution in [0, 0.1) is 0 Å². The lowest BCUT2D eigenvalue weighted by Crippen LogP contribution is -2.41. The summed E-state index contributed by atoms with van der Waals surface area (Å²) < 4.78 is 11.2. The molecule has 1 fully saturated rings. The van der Waals surface area contributed by atoms with Gasteiger partial charge in [0.15, 0.2) is 5.96 Å².